The maximum Gasteiger partial charge on any atom is 0.261 e. The van der Waals surface area contributed by atoms with Crippen LogP contribution in [0.3, 0.4) is 0 Å². The number of tetrazole rings is 1. The molecule has 2 aromatic rings. The van der Waals surface area contributed by atoms with Crippen molar-refractivity contribution < 1.29 is 14.4 Å². The van der Waals surface area contributed by atoms with Gasteiger partial charge in [0.2, 0.25) is 5.91 Å². The first-order valence-electron chi connectivity index (χ1n) is 9.04. The SMILES string of the molecule is C[C@@H](NC(=O)Cn1nnc(CCN2C(=O)c3ccccc3C2=O)n1)C1CC1. The molecule has 1 aromatic carbocycles. The molecule has 140 valence electrons. The second-order valence-corrected chi connectivity index (χ2v) is 6.99. The van der Waals surface area contributed by atoms with Gasteiger partial charge in [-0.15, -0.1) is 10.2 Å². The molecule has 9 heteroatoms. The summed E-state index contributed by atoms with van der Waals surface area (Å²) in [6.45, 7) is 2.16. The van der Waals surface area contributed by atoms with E-state index in [2.05, 4.69) is 20.7 Å². The predicted octanol–water partition coefficient (Wildman–Crippen LogP) is 0.427. The first-order chi connectivity index (χ1) is 13.0. The molecule has 1 N–H and O–H groups in total. The standard InChI is InChI=1S/C18H20N6O3/c1-11(12-6-7-12)19-16(25)10-24-21-15(20-22-24)8-9-23-17(26)13-4-2-3-5-14(13)18(23)27/h2-5,11-12H,6-10H2,1H3,(H,19,25)/t11-/m1/s1. The summed E-state index contributed by atoms with van der Waals surface area (Å²) in [6.07, 6.45) is 2.60. The van der Waals surface area contributed by atoms with Crippen molar-refractivity contribution in [2.75, 3.05) is 6.54 Å². The molecule has 1 aromatic heterocycles. The van der Waals surface area contributed by atoms with Crippen LogP contribution in [-0.4, -0.2) is 55.4 Å². The summed E-state index contributed by atoms with van der Waals surface area (Å²) in [7, 11) is 0. The number of hydrogen-bond acceptors (Lipinski definition) is 6. The fourth-order valence-electron chi connectivity index (χ4n) is 3.24. The molecule has 1 aliphatic heterocycles. The van der Waals surface area contributed by atoms with Gasteiger partial charge in [0.15, 0.2) is 5.82 Å². The van der Waals surface area contributed by atoms with Crippen LogP contribution >= 0.6 is 0 Å². The second kappa shape index (κ2) is 6.90. The van der Waals surface area contributed by atoms with Crippen molar-refractivity contribution in [3.05, 3.63) is 41.2 Å². The van der Waals surface area contributed by atoms with E-state index in [-0.39, 0.29) is 43.3 Å². The Morgan fingerprint density at radius 3 is 2.52 bits per heavy atom. The van der Waals surface area contributed by atoms with Crippen molar-refractivity contribution in [1.29, 1.82) is 0 Å². The summed E-state index contributed by atoms with van der Waals surface area (Å²) < 4.78 is 0. The number of rotatable bonds is 7. The number of imide groups is 1. The number of carbonyl (C=O) groups excluding carboxylic acids is 3. The normalized spacial score (nSPS) is 17.1. The quantitative estimate of drug-likeness (QED) is 0.710. The summed E-state index contributed by atoms with van der Waals surface area (Å²) in [5.41, 5.74) is 0.834. The molecule has 27 heavy (non-hydrogen) atoms. The number of aromatic nitrogens is 4. The van der Waals surface area contributed by atoms with Gasteiger partial charge in [0.1, 0.15) is 6.54 Å². The Labute approximate surface area is 155 Å². The van der Waals surface area contributed by atoms with Gasteiger partial charge in [-0.2, -0.15) is 4.80 Å². The molecule has 2 heterocycles. The molecule has 1 atom stereocenters. The second-order valence-electron chi connectivity index (χ2n) is 6.99. The van der Waals surface area contributed by atoms with Gasteiger partial charge in [-0.3, -0.25) is 19.3 Å². The van der Waals surface area contributed by atoms with Gasteiger partial charge in [-0.25, -0.2) is 0 Å². The van der Waals surface area contributed by atoms with Gasteiger partial charge < -0.3 is 5.32 Å². The molecule has 0 radical (unpaired) electrons. The molecule has 2 aliphatic rings. The highest BCUT2D eigenvalue weighted by atomic mass is 16.2. The number of nitrogens with one attached hydrogen (secondary N) is 1. The number of nitrogens with zero attached hydrogens (tertiary/aromatic N) is 5. The third-order valence-corrected chi connectivity index (χ3v) is 4.93. The largest absolute Gasteiger partial charge is 0.352 e. The highest BCUT2D eigenvalue weighted by Gasteiger charge is 2.35. The molecule has 0 unspecified atom stereocenters. The van der Waals surface area contributed by atoms with Gasteiger partial charge >= 0.3 is 0 Å². The van der Waals surface area contributed by atoms with Crippen molar-refractivity contribution in [1.82, 2.24) is 30.4 Å². The topological polar surface area (TPSA) is 110 Å². The van der Waals surface area contributed by atoms with E-state index in [9.17, 15) is 14.4 Å². The van der Waals surface area contributed by atoms with Crippen LogP contribution in [0.2, 0.25) is 0 Å². The van der Waals surface area contributed by atoms with Crippen LogP contribution in [0.1, 0.15) is 46.3 Å². The number of amides is 3. The van der Waals surface area contributed by atoms with Crippen molar-refractivity contribution in [2.45, 2.75) is 38.8 Å². The third-order valence-electron chi connectivity index (χ3n) is 4.93. The fraction of sp³-hybridized carbons (Fsp3) is 0.444. The minimum atomic E-state index is -0.309. The summed E-state index contributed by atoms with van der Waals surface area (Å²) >= 11 is 0. The number of fused-ring (bicyclic) bond motifs is 1. The van der Waals surface area contributed by atoms with Crippen molar-refractivity contribution >= 4 is 17.7 Å². The zero-order valence-corrected chi connectivity index (χ0v) is 15.0. The monoisotopic (exact) mass is 368 g/mol. The van der Waals surface area contributed by atoms with Gasteiger partial charge in [0.05, 0.1) is 11.1 Å². The van der Waals surface area contributed by atoms with E-state index in [4.69, 9.17) is 0 Å². The van der Waals surface area contributed by atoms with Crippen LogP contribution in [0.4, 0.5) is 0 Å². The average molecular weight is 368 g/mol. The molecule has 1 fully saturated rings. The van der Waals surface area contributed by atoms with Crippen molar-refractivity contribution in [3.8, 4) is 0 Å². The van der Waals surface area contributed by atoms with E-state index in [0.717, 1.165) is 12.8 Å². The number of carbonyl (C=O) groups is 3. The van der Waals surface area contributed by atoms with Crippen LogP contribution in [0.25, 0.3) is 0 Å². The molecule has 0 saturated heterocycles. The van der Waals surface area contributed by atoms with Crippen LogP contribution in [0.5, 0.6) is 0 Å². The van der Waals surface area contributed by atoms with Crippen LogP contribution < -0.4 is 5.32 Å². The maximum atomic E-state index is 12.3. The number of hydrogen-bond donors (Lipinski definition) is 1. The zero-order chi connectivity index (χ0) is 19.0. The lowest BCUT2D eigenvalue weighted by molar-refractivity contribution is -0.122. The Kier molecular flexibility index (Phi) is 4.43. The lowest BCUT2D eigenvalue weighted by Gasteiger charge is -2.12. The van der Waals surface area contributed by atoms with Crippen LogP contribution in [0, 0.1) is 5.92 Å². The van der Waals surface area contributed by atoms with Crippen LogP contribution in [0.15, 0.2) is 24.3 Å². The van der Waals surface area contributed by atoms with E-state index in [1.807, 2.05) is 6.92 Å². The Balaban J connectivity index is 1.32. The maximum absolute atomic E-state index is 12.3. The molecular weight excluding hydrogens is 348 g/mol. The van der Waals surface area contributed by atoms with E-state index >= 15 is 0 Å². The Hall–Kier alpha value is -3.10. The Morgan fingerprint density at radius 1 is 1.22 bits per heavy atom. The Bertz CT molecular complexity index is 869. The summed E-state index contributed by atoms with van der Waals surface area (Å²) in [6, 6.07) is 6.91. The lowest BCUT2D eigenvalue weighted by Crippen LogP contribution is -2.36. The molecule has 9 nitrogen and oxygen atoms in total. The van der Waals surface area contributed by atoms with E-state index < -0.39 is 0 Å². The van der Waals surface area contributed by atoms with Gasteiger partial charge in [-0.1, -0.05) is 12.1 Å². The molecule has 0 bridgehead atoms. The first-order valence-corrected chi connectivity index (χ1v) is 9.04. The molecule has 1 aliphatic carbocycles. The first kappa shape index (κ1) is 17.3. The van der Waals surface area contributed by atoms with E-state index in [1.54, 1.807) is 24.3 Å². The minimum Gasteiger partial charge on any atom is -0.352 e. The Morgan fingerprint density at radius 2 is 1.89 bits per heavy atom. The molecule has 1 saturated carbocycles. The minimum absolute atomic E-state index is 0.00290. The van der Waals surface area contributed by atoms with Gasteiger partial charge in [0.25, 0.3) is 11.8 Å². The predicted molar refractivity (Wildman–Crippen MR) is 93.7 cm³/mol. The van der Waals surface area contributed by atoms with Gasteiger partial charge in [0, 0.05) is 19.0 Å². The van der Waals surface area contributed by atoms with Crippen LogP contribution in [-0.2, 0) is 17.8 Å². The van der Waals surface area contributed by atoms with Gasteiger partial charge in [-0.05, 0) is 43.0 Å². The zero-order valence-electron chi connectivity index (χ0n) is 15.0. The summed E-state index contributed by atoms with van der Waals surface area (Å²) in [5, 5.41) is 14.9. The van der Waals surface area contributed by atoms with E-state index in [1.165, 1.54) is 9.70 Å². The molecule has 4 rings (SSSR count). The summed E-state index contributed by atoms with van der Waals surface area (Å²) in [4.78, 5) is 39.1. The molecule has 3 amide bonds. The summed E-state index contributed by atoms with van der Waals surface area (Å²) in [5.74, 6) is 0.189. The van der Waals surface area contributed by atoms with E-state index in [0.29, 0.717) is 22.9 Å². The third kappa shape index (κ3) is 3.57. The fourth-order valence-corrected chi connectivity index (χ4v) is 3.24. The van der Waals surface area contributed by atoms with Crippen molar-refractivity contribution in [2.24, 2.45) is 5.92 Å². The highest BCUT2D eigenvalue weighted by molar-refractivity contribution is 6.21. The lowest BCUT2D eigenvalue weighted by atomic mass is 10.1. The molecule has 0 spiro atoms. The average Bonchev–Trinajstić information content (AvgIpc) is 3.37. The van der Waals surface area contributed by atoms with Crippen molar-refractivity contribution in [3.63, 3.8) is 0 Å². The molecular formula is C18H20N6O3. The smallest absolute Gasteiger partial charge is 0.261 e. The highest BCUT2D eigenvalue weighted by Crippen LogP contribution is 2.32. The number of benzene rings is 1.